The van der Waals surface area contributed by atoms with Crippen LogP contribution in [0.5, 0.6) is 0 Å². The maximum absolute atomic E-state index is 12.2. The molecule has 1 saturated heterocycles. The maximum Gasteiger partial charge on any atom is 0.351 e. The van der Waals surface area contributed by atoms with Crippen molar-refractivity contribution in [2.75, 3.05) is 33.3 Å². The zero-order valence-corrected chi connectivity index (χ0v) is 22.2. The average molecular weight is 539 g/mol. The summed E-state index contributed by atoms with van der Waals surface area (Å²) in [5, 5.41) is 9.96. The summed E-state index contributed by atoms with van der Waals surface area (Å²) < 4.78 is 5.83. The number of aromatic nitrogens is 2. The Balaban J connectivity index is 1.65. The molecular formula is C25H40BrN5O3. The van der Waals surface area contributed by atoms with Crippen LogP contribution < -0.4 is 11.5 Å². The predicted molar refractivity (Wildman–Crippen MR) is 139 cm³/mol. The number of carbonyl (C=O) groups is 1. The number of rotatable bonds is 12. The van der Waals surface area contributed by atoms with Gasteiger partial charge in [-0.05, 0) is 76.4 Å². The minimum atomic E-state index is -1.82. The molecule has 0 bridgehead atoms. The van der Waals surface area contributed by atoms with E-state index in [2.05, 4.69) is 38.9 Å². The molecule has 34 heavy (non-hydrogen) atoms. The van der Waals surface area contributed by atoms with Crippen LogP contribution in [0.2, 0.25) is 0 Å². The summed E-state index contributed by atoms with van der Waals surface area (Å²) in [6.45, 7) is 6.99. The second-order valence-electron chi connectivity index (χ2n) is 9.95. The summed E-state index contributed by atoms with van der Waals surface area (Å²) in [7, 11) is 2.17. The first-order valence-electron chi connectivity index (χ1n) is 12.3. The van der Waals surface area contributed by atoms with Gasteiger partial charge in [-0.2, -0.15) is 0 Å². The van der Waals surface area contributed by atoms with Crippen molar-refractivity contribution in [3.63, 3.8) is 0 Å². The summed E-state index contributed by atoms with van der Waals surface area (Å²) in [6.07, 6.45) is 5.48. The number of alkyl halides is 1. The van der Waals surface area contributed by atoms with Crippen LogP contribution >= 0.6 is 15.9 Å². The number of imidazole rings is 1. The summed E-state index contributed by atoms with van der Waals surface area (Å²) in [6, 6.07) is 4.12. The molecule has 1 aliphatic heterocycles. The molecule has 1 aliphatic rings. The number of fused-ring (bicyclic) bond motifs is 1. The van der Waals surface area contributed by atoms with Gasteiger partial charge in [0.1, 0.15) is 5.82 Å². The van der Waals surface area contributed by atoms with E-state index in [1.165, 1.54) is 12.8 Å². The Labute approximate surface area is 210 Å². The van der Waals surface area contributed by atoms with Gasteiger partial charge >= 0.3 is 5.97 Å². The number of H-pyrrole nitrogens is 1. The number of halogens is 1. The Morgan fingerprint density at radius 2 is 2.06 bits per heavy atom. The molecule has 0 saturated carbocycles. The highest BCUT2D eigenvalue weighted by atomic mass is 79.9. The van der Waals surface area contributed by atoms with Gasteiger partial charge in [0.15, 0.2) is 0 Å². The standard InChI is InChI=1S/C25H40BrN5O3/c1-16-12-17(2)22-21(13-16)29-23(30-22)19(20(26)15-27)14-25(28,24(32)33)34-11-5-4-6-18-7-9-31(3)10-8-18/h12-13,18-20H,4-11,14-15,27-28H2,1-3H3,(H,29,30)(H,32,33)/t19?,20?,25-/m1/s1. The number of nitrogens with two attached hydrogens (primary N) is 2. The van der Waals surface area contributed by atoms with Crippen LogP contribution in [0.1, 0.15) is 61.4 Å². The third-order valence-electron chi connectivity index (χ3n) is 7.04. The number of carboxylic acids is 1. The molecule has 1 aromatic heterocycles. The number of ether oxygens (including phenoxy) is 1. The normalized spacial score (nSPS) is 19.2. The SMILES string of the molecule is Cc1cc(C)c2nc(C(C[C@@](N)(OCCCCC3CCN(C)CC3)C(=O)O)C(Br)CN)[nH]c2c1. The number of hydrogen-bond donors (Lipinski definition) is 4. The number of aliphatic carboxylic acids is 1. The largest absolute Gasteiger partial charge is 0.478 e. The molecule has 6 N–H and O–H groups in total. The van der Waals surface area contributed by atoms with E-state index < -0.39 is 11.7 Å². The van der Waals surface area contributed by atoms with Gasteiger partial charge in [0, 0.05) is 30.3 Å². The molecule has 2 unspecified atom stereocenters. The van der Waals surface area contributed by atoms with Crippen molar-refractivity contribution < 1.29 is 14.6 Å². The van der Waals surface area contributed by atoms with Crippen LogP contribution in [-0.4, -0.2) is 69.8 Å². The molecule has 0 radical (unpaired) electrons. The number of unbranched alkanes of at least 4 members (excludes halogenated alkanes) is 1. The first-order valence-corrected chi connectivity index (χ1v) is 13.2. The van der Waals surface area contributed by atoms with E-state index in [9.17, 15) is 9.90 Å². The molecule has 190 valence electrons. The van der Waals surface area contributed by atoms with Gasteiger partial charge in [-0.15, -0.1) is 0 Å². The Morgan fingerprint density at radius 3 is 2.71 bits per heavy atom. The van der Waals surface area contributed by atoms with Crippen LogP contribution in [0.3, 0.4) is 0 Å². The Hall–Kier alpha value is -1.52. The third-order valence-corrected chi connectivity index (χ3v) is 8.05. The summed E-state index contributed by atoms with van der Waals surface area (Å²) in [5.41, 5.74) is 14.5. The van der Waals surface area contributed by atoms with Gasteiger partial charge in [0.25, 0.3) is 0 Å². The van der Waals surface area contributed by atoms with Gasteiger partial charge in [-0.25, -0.2) is 9.78 Å². The Bertz CT molecular complexity index is 959. The van der Waals surface area contributed by atoms with E-state index in [1.807, 2.05) is 19.9 Å². The van der Waals surface area contributed by atoms with Gasteiger partial charge in [-0.1, -0.05) is 34.8 Å². The van der Waals surface area contributed by atoms with Crippen molar-refractivity contribution in [2.45, 2.75) is 68.8 Å². The van der Waals surface area contributed by atoms with Crippen molar-refractivity contribution in [1.82, 2.24) is 14.9 Å². The highest BCUT2D eigenvalue weighted by Gasteiger charge is 2.41. The molecule has 9 heteroatoms. The van der Waals surface area contributed by atoms with Crippen molar-refractivity contribution in [3.8, 4) is 0 Å². The van der Waals surface area contributed by atoms with Crippen molar-refractivity contribution in [1.29, 1.82) is 0 Å². The second-order valence-corrected chi connectivity index (χ2v) is 11.1. The van der Waals surface area contributed by atoms with Crippen molar-refractivity contribution in [3.05, 3.63) is 29.1 Å². The van der Waals surface area contributed by atoms with E-state index in [0.717, 1.165) is 60.4 Å². The van der Waals surface area contributed by atoms with Gasteiger partial charge < -0.3 is 25.5 Å². The molecular weight excluding hydrogens is 498 g/mol. The Kier molecular flexibility index (Phi) is 9.51. The first-order chi connectivity index (χ1) is 16.1. The molecule has 0 aliphatic carbocycles. The fourth-order valence-corrected chi connectivity index (χ4v) is 5.34. The smallest absolute Gasteiger partial charge is 0.351 e. The number of aryl methyl sites for hydroxylation is 2. The lowest BCUT2D eigenvalue weighted by Gasteiger charge is -2.31. The highest BCUT2D eigenvalue weighted by Crippen LogP contribution is 2.33. The number of benzene rings is 1. The molecule has 2 heterocycles. The summed E-state index contributed by atoms with van der Waals surface area (Å²) in [4.78, 5) is 22.5. The van der Waals surface area contributed by atoms with E-state index in [-0.39, 0.29) is 17.2 Å². The van der Waals surface area contributed by atoms with E-state index in [4.69, 9.17) is 21.2 Å². The molecule has 0 spiro atoms. The fourth-order valence-electron chi connectivity index (χ4n) is 4.90. The predicted octanol–water partition coefficient (Wildman–Crippen LogP) is 3.64. The quantitative estimate of drug-likeness (QED) is 0.184. The number of carboxylic acid groups (broad SMARTS) is 1. The van der Waals surface area contributed by atoms with Gasteiger partial charge in [0.2, 0.25) is 5.72 Å². The number of aromatic amines is 1. The minimum absolute atomic E-state index is 0.0578. The zero-order chi connectivity index (χ0) is 24.9. The monoisotopic (exact) mass is 537 g/mol. The lowest BCUT2D eigenvalue weighted by molar-refractivity contribution is -0.167. The molecule has 3 atom stereocenters. The zero-order valence-electron chi connectivity index (χ0n) is 20.6. The molecule has 1 aromatic carbocycles. The number of nitrogens with one attached hydrogen (secondary N) is 1. The van der Waals surface area contributed by atoms with Crippen LogP contribution in [-0.2, 0) is 9.53 Å². The third kappa shape index (κ3) is 6.79. The Morgan fingerprint density at radius 1 is 1.35 bits per heavy atom. The summed E-state index contributed by atoms with van der Waals surface area (Å²) in [5.74, 6) is -0.107. The number of nitrogens with zero attached hydrogens (tertiary/aromatic N) is 2. The van der Waals surface area contributed by atoms with Crippen LogP contribution in [0.4, 0.5) is 0 Å². The molecule has 8 nitrogen and oxygen atoms in total. The molecule has 2 aromatic rings. The minimum Gasteiger partial charge on any atom is -0.478 e. The van der Waals surface area contributed by atoms with Crippen LogP contribution in [0.25, 0.3) is 11.0 Å². The van der Waals surface area contributed by atoms with E-state index in [0.29, 0.717) is 19.0 Å². The number of piperidine rings is 1. The van der Waals surface area contributed by atoms with E-state index in [1.54, 1.807) is 0 Å². The van der Waals surface area contributed by atoms with E-state index >= 15 is 0 Å². The lowest BCUT2D eigenvalue weighted by atomic mass is 9.92. The molecule has 1 fully saturated rings. The summed E-state index contributed by atoms with van der Waals surface area (Å²) >= 11 is 3.62. The second kappa shape index (κ2) is 11.9. The van der Waals surface area contributed by atoms with Crippen molar-refractivity contribution in [2.24, 2.45) is 17.4 Å². The highest BCUT2D eigenvalue weighted by molar-refractivity contribution is 9.09. The van der Waals surface area contributed by atoms with Gasteiger partial charge in [0.05, 0.1) is 11.0 Å². The molecule has 3 rings (SSSR count). The van der Waals surface area contributed by atoms with Gasteiger partial charge in [-0.3, -0.25) is 5.73 Å². The average Bonchev–Trinajstić information content (AvgIpc) is 3.22. The lowest BCUT2D eigenvalue weighted by Crippen LogP contribution is -2.52. The first kappa shape index (κ1) is 27.1. The fraction of sp³-hybridized carbons (Fsp3) is 0.680. The topological polar surface area (TPSA) is 130 Å². The maximum atomic E-state index is 12.2. The van der Waals surface area contributed by atoms with Crippen molar-refractivity contribution >= 4 is 32.9 Å². The van der Waals surface area contributed by atoms with Crippen LogP contribution in [0, 0.1) is 19.8 Å². The number of likely N-dealkylation sites (tertiary alicyclic amines) is 1. The van der Waals surface area contributed by atoms with Crippen LogP contribution in [0.15, 0.2) is 12.1 Å². The number of hydrogen-bond acceptors (Lipinski definition) is 6. The molecule has 0 amide bonds.